The van der Waals surface area contributed by atoms with Gasteiger partial charge in [-0.05, 0) is 30.7 Å². The Labute approximate surface area is 88.7 Å². The van der Waals surface area contributed by atoms with E-state index in [-0.39, 0.29) is 0 Å². The summed E-state index contributed by atoms with van der Waals surface area (Å²) < 4.78 is 0. The van der Waals surface area contributed by atoms with Crippen LogP contribution in [0.15, 0.2) is 24.3 Å². The summed E-state index contributed by atoms with van der Waals surface area (Å²) in [6, 6.07) is 7.52. The molecule has 1 heterocycles. The van der Waals surface area contributed by atoms with E-state index in [4.69, 9.17) is 0 Å². The molecule has 1 saturated heterocycles. The van der Waals surface area contributed by atoms with Crippen molar-refractivity contribution in [3.05, 3.63) is 29.8 Å². The molecule has 0 spiro atoms. The largest absolute Gasteiger partial charge is 0.508 e. The smallest absolute Gasteiger partial charge is 0.115 e. The van der Waals surface area contributed by atoms with E-state index in [1.165, 1.54) is 12.0 Å². The molecule has 2 N–H and O–H groups in total. The van der Waals surface area contributed by atoms with Gasteiger partial charge in [-0.2, -0.15) is 11.8 Å². The number of aromatic hydroxyl groups is 1. The van der Waals surface area contributed by atoms with Gasteiger partial charge in [-0.25, -0.2) is 0 Å². The highest BCUT2D eigenvalue weighted by Gasteiger charge is 2.14. The number of phenols is 1. The second kappa shape index (κ2) is 4.71. The second-order valence-corrected chi connectivity index (χ2v) is 4.88. The van der Waals surface area contributed by atoms with Gasteiger partial charge in [0.05, 0.1) is 0 Å². The van der Waals surface area contributed by atoms with Crippen LogP contribution in [-0.2, 0) is 5.75 Å². The van der Waals surface area contributed by atoms with Gasteiger partial charge in [-0.3, -0.25) is 0 Å². The summed E-state index contributed by atoms with van der Waals surface area (Å²) in [5.74, 6) is 1.37. The van der Waals surface area contributed by atoms with Gasteiger partial charge in [-0.1, -0.05) is 12.1 Å². The van der Waals surface area contributed by atoms with Gasteiger partial charge >= 0.3 is 0 Å². The van der Waals surface area contributed by atoms with Gasteiger partial charge in [0.25, 0.3) is 0 Å². The van der Waals surface area contributed by atoms with Crippen LogP contribution >= 0.6 is 11.8 Å². The average Bonchev–Trinajstić information content (AvgIpc) is 2.67. The van der Waals surface area contributed by atoms with Gasteiger partial charge in [0.2, 0.25) is 0 Å². The minimum Gasteiger partial charge on any atom is -0.508 e. The van der Waals surface area contributed by atoms with Crippen molar-refractivity contribution in [3.63, 3.8) is 0 Å². The van der Waals surface area contributed by atoms with E-state index in [2.05, 4.69) is 11.4 Å². The lowest BCUT2D eigenvalue weighted by atomic mass is 10.2. The number of phenolic OH excluding ortho intramolecular Hbond substituents is 1. The summed E-state index contributed by atoms with van der Waals surface area (Å²) in [5.41, 5.74) is 1.21. The molecule has 1 aliphatic rings. The molecule has 0 amide bonds. The monoisotopic (exact) mass is 209 g/mol. The highest BCUT2D eigenvalue weighted by molar-refractivity contribution is 7.99. The number of thioether (sulfide) groups is 1. The van der Waals surface area contributed by atoms with Crippen LogP contribution in [-0.4, -0.2) is 23.4 Å². The highest BCUT2D eigenvalue weighted by Crippen LogP contribution is 2.23. The van der Waals surface area contributed by atoms with Gasteiger partial charge < -0.3 is 10.4 Å². The maximum Gasteiger partial charge on any atom is 0.115 e. The Kier molecular flexibility index (Phi) is 3.32. The molecule has 2 rings (SSSR count). The molecule has 0 saturated carbocycles. The van der Waals surface area contributed by atoms with Gasteiger partial charge in [-0.15, -0.1) is 0 Å². The van der Waals surface area contributed by atoms with Crippen LogP contribution in [0.25, 0.3) is 0 Å². The van der Waals surface area contributed by atoms with Crippen molar-refractivity contribution < 1.29 is 5.11 Å². The van der Waals surface area contributed by atoms with Crippen LogP contribution in [0.1, 0.15) is 12.0 Å². The van der Waals surface area contributed by atoms with Gasteiger partial charge in [0, 0.05) is 17.5 Å². The first kappa shape index (κ1) is 9.87. The van der Waals surface area contributed by atoms with E-state index in [0.717, 1.165) is 24.1 Å². The summed E-state index contributed by atoms with van der Waals surface area (Å²) in [6.45, 7) is 2.28. The molecule has 1 aromatic carbocycles. The molecule has 0 radical (unpaired) electrons. The quantitative estimate of drug-likeness (QED) is 0.798. The predicted octanol–water partition coefficient (Wildman–Crippen LogP) is 1.99. The van der Waals surface area contributed by atoms with Crippen LogP contribution in [0.4, 0.5) is 0 Å². The van der Waals surface area contributed by atoms with E-state index >= 15 is 0 Å². The maximum absolute atomic E-state index is 9.28. The number of hydrogen-bond acceptors (Lipinski definition) is 3. The average molecular weight is 209 g/mol. The van der Waals surface area contributed by atoms with Crippen LogP contribution < -0.4 is 5.32 Å². The Balaban J connectivity index is 1.85. The van der Waals surface area contributed by atoms with Crippen molar-refractivity contribution in [2.24, 2.45) is 0 Å². The second-order valence-electron chi connectivity index (χ2n) is 3.60. The molecule has 1 aromatic rings. The van der Waals surface area contributed by atoms with Crippen LogP contribution in [0.3, 0.4) is 0 Å². The maximum atomic E-state index is 9.28. The van der Waals surface area contributed by atoms with Crippen molar-refractivity contribution in [3.8, 4) is 5.75 Å². The summed E-state index contributed by atoms with van der Waals surface area (Å²) in [4.78, 5) is 0. The van der Waals surface area contributed by atoms with Crippen molar-refractivity contribution in [1.82, 2.24) is 5.32 Å². The molecular weight excluding hydrogens is 194 g/mol. The topological polar surface area (TPSA) is 32.3 Å². The molecule has 1 unspecified atom stereocenters. The predicted molar refractivity (Wildman–Crippen MR) is 60.7 cm³/mol. The van der Waals surface area contributed by atoms with E-state index in [1.807, 2.05) is 23.9 Å². The molecule has 1 atom stereocenters. The Bertz CT molecular complexity index is 297. The number of benzene rings is 1. The SMILES string of the molecule is Oc1cccc(CSC2CCNC2)c1. The van der Waals surface area contributed by atoms with E-state index < -0.39 is 0 Å². The summed E-state index contributed by atoms with van der Waals surface area (Å²) in [5, 5.41) is 13.4. The zero-order chi connectivity index (χ0) is 9.80. The van der Waals surface area contributed by atoms with Crippen molar-refractivity contribution in [2.45, 2.75) is 17.4 Å². The lowest BCUT2D eigenvalue weighted by Gasteiger charge is -2.07. The first-order valence-corrected chi connectivity index (χ1v) is 6.00. The van der Waals surface area contributed by atoms with Crippen LogP contribution in [0.2, 0.25) is 0 Å². The summed E-state index contributed by atoms with van der Waals surface area (Å²) in [7, 11) is 0. The number of nitrogens with one attached hydrogen (secondary N) is 1. The van der Waals surface area contributed by atoms with Crippen molar-refractivity contribution >= 4 is 11.8 Å². The fourth-order valence-electron chi connectivity index (χ4n) is 1.63. The fourth-order valence-corrected chi connectivity index (χ4v) is 2.76. The third-order valence-electron chi connectivity index (χ3n) is 2.41. The Hall–Kier alpha value is -0.670. The summed E-state index contributed by atoms with van der Waals surface area (Å²) >= 11 is 1.97. The molecule has 0 aromatic heterocycles. The molecule has 14 heavy (non-hydrogen) atoms. The first-order chi connectivity index (χ1) is 6.84. The van der Waals surface area contributed by atoms with E-state index in [1.54, 1.807) is 6.07 Å². The molecule has 0 bridgehead atoms. The number of rotatable bonds is 3. The molecule has 76 valence electrons. The standard InChI is InChI=1S/C11H15NOS/c13-10-3-1-2-9(6-10)8-14-11-4-5-12-7-11/h1-3,6,11-13H,4-5,7-8H2. The zero-order valence-electron chi connectivity index (χ0n) is 8.07. The normalized spacial score (nSPS) is 21.3. The Morgan fingerprint density at radius 3 is 3.14 bits per heavy atom. The first-order valence-electron chi connectivity index (χ1n) is 4.95. The van der Waals surface area contributed by atoms with E-state index in [0.29, 0.717) is 5.75 Å². The number of hydrogen-bond donors (Lipinski definition) is 2. The third kappa shape index (κ3) is 2.66. The lowest BCUT2D eigenvalue weighted by molar-refractivity contribution is 0.475. The van der Waals surface area contributed by atoms with Gasteiger partial charge in [0.15, 0.2) is 0 Å². The highest BCUT2D eigenvalue weighted by atomic mass is 32.2. The van der Waals surface area contributed by atoms with Crippen LogP contribution in [0.5, 0.6) is 5.75 Å². The zero-order valence-corrected chi connectivity index (χ0v) is 8.89. The minimum atomic E-state index is 0.368. The van der Waals surface area contributed by atoms with Gasteiger partial charge in [0.1, 0.15) is 5.75 Å². The molecule has 1 fully saturated rings. The minimum absolute atomic E-state index is 0.368. The fraction of sp³-hybridized carbons (Fsp3) is 0.455. The molecule has 3 heteroatoms. The third-order valence-corrected chi connectivity index (χ3v) is 3.79. The molecule has 0 aliphatic carbocycles. The summed E-state index contributed by atoms with van der Waals surface area (Å²) in [6.07, 6.45) is 1.27. The molecule has 2 nitrogen and oxygen atoms in total. The van der Waals surface area contributed by atoms with Crippen molar-refractivity contribution in [2.75, 3.05) is 13.1 Å². The van der Waals surface area contributed by atoms with Crippen molar-refractivity contribution in [1.29, 1.82) is 0 Å². The lowest BCUT2D eigenvalue weighted by Crippen LogP contribution is -2.10. The molecular formula is C11H15NOS. The molecule has 1 aliphatic heterocycles. The Morgan fingerprint density at radius 2 is 2.43 bits per heavy atom. The van der Waals surface area contributed by atoms with E-state index in [9.17, 15) is 5.11 Å². The van der Waals surface area contributed by atoms with Crippen LogP contribution in [0, 0.1) is 0 Å². The Morgan fingerprint density at radius 1 is 1.50 bits per heavy atom.